The zero-order valence-electron chi connectivity index (χ0n) is 17.4. The normalized spacial score (nSPS) is 21.0. The Morgan fingerprint density at radius 3 is 2.90 bits per heavy atom. The molecule has 8 nitrogen and oxygen atoms in total. The molecule has 2 heterocycles. The molecule has 2 aliphatic rings. The second kappa shape index (κ2) is 10.3. The smallest absolute Gasteiger partial charge is 0.342 e. The number of fused-ring (bicyclic) bond motifs is 1. The number of rotatable bonds is 8. The van der Waals surface area contributed by atoms with Gasteiger partial charge in [-0.3, -0.25) is 4.79 Å². The molecule has 1 fully saturated rings. The van der Waals surface area contributed by atoms with Crippen LogP contribution in [0.4, 0.5) is 5.69 Å². The third-order valence-electron chi connectivity index (χ3n) is 5.49. The van der Waals surface area contributed by atoms with Crippen LogP contribution >= 0.6 is 11.6 Å². The summed E-state index contributed by atoms with van der Waals surface area (Å²) in [6.45, 7) is 4.78. The summed E-state index contributed by atoms with van der Waals surface area (Å²) in [5.74, 6) is -0.202. The second-order valence-electron chi connectivity index (χ2n) is 7.44. The highest BCUT2D eigenvalue weighted by Gasteiger charge is 2.34. The van der Waals surface area contributed by atoms with Crippen LogP contribution in [-0.4, -0.2) is 69.0 Å². The number of carbonyl (C=O) groups excluding carboxylic acids is 2. The number of nitrogen functional groups attached to an aromatic ring is 1. The van der Waals surface area contributed by atoms with Crippen molar-refractivity contribution < 1.29 is 28.5 Å². The number of nitrogens with two attached hydrogens (primary N) is 1. The Bertz CT molecular complexity index is 787. The number of piperidine rings is 1. The molecule has 1 saturated heterocycles. The quantitative estimate of drug-likeness (QED) is 0.486. The fraction of sp³-hybridized carbons (Fsp3) is 0.619. The van der Waals surface area contributed by atoms with Gasteiger partial charge in [-0.2, -0.15) is 0 Å². The third kappa shape index (κ3) is 5.17. The van der Waals surface area contributed by atoms with Crippen molar-refractivity contribution in [3.05, 3.63) is 22.2 Å². The molecule has 0 bridgehead atoms. The molecular formula is C21H29ClN2O6. The van der Waals surface area contributed by atoms with Crippen molar-refractivity contribution in [3.8, 4) is 5.75 Å². The van der Waals surface area contributed by atoms with Gasteiger partial charge in [-0.05, 0) is 32.4 Å². The van der Waals surface area contributed by atoms with E-state index in [1.807, 2.05) is 0 Å². The fourth-order valence-electron chi connectivity index (χ4n) is 3.92. The summed E-state index contributed by atoms with van der Waals surface area (Å²) in [7, 11) is 1.61. The lowest BCUT2D eigenvalue weighted by Crippen LogP contribution is -2.49. The molecule has 3 rings (SSSR count). The minimum atomic E-state index is -0.488. The van der Waals surface area contributed by atoms with Crippen LogP contribution in [-0.2, 0) is 25.4 Å². The molecule has 166 valence electrons. The van der Waals surface area contributed by atoms with Gasteiger partial charge in [0.1, 0.15) is 23.5 Å². The largest absolute Gasteiger partial charge is 0.492 e. The van der Waals surface area contributed by atoms with Crippen molar-refractivity contribution in [2.45, 2.75) is 44.8 Å². The van der Waals surface area contributed by atoms with Crippen LogP contribution in [0.5, 0.6) is 5.75 Å². The maximum absolute atomic E-state index is 12.9. The van der Waals surface area contributed by atoms with Gasteiger partial charge in [-0.15, -0.1) is 0 Å². The van der Waals surface area contributed by atoms with Gasteiger partial charge in [0, 0.05) is 38.6 Å². The Balaban J connectivity index is 1.58. The van der Waals surface area contributed by atoms with E-state index in [-0.39, 0.29) is 18.2 Å². The number of methoxy groups -OCH3 is 1. The topological polar surface area (TPSA) is 100 Å². The highest BCUT2D eigenvalue weighted by atomic mass is 35.5. The molecule has 2 atom stereocenters. The van der Waals surface area contributed by atoms with E-state index in [1.54, 1.807) is 14.0 Å². The van der Waals surface area contributed by atoms with Gasteiger partial charge in [0.15, 0.2) is 0 Å². The van der Waals surface area contributed by atoms with Crippen molar-refractivity contribution >= 4 is 29.2 Å². The third-order valence-corrected chi connectivity index (χ3v) is 5.81. The maximum Gasteiger partial charge on any atom is 0.342 e. The number of esters is 2. The molecule has 2 N–H and O–H groups in total. The summed E-state index contributed by atoms with van der Waals surface area (Å²) in [5, 5.41) is 0.325. The predicted octanol–water partition coefficient (Wildman–Crippen LogP) is 2.45. The van der Waals surface area contributed by atoms with Gasteiger partial charge in [0.2, 0.25) is 0 Å². The number of benzene rings is 1. The average molecular weight is 441 g/mol. The first kappa shape index (κ1) is 22.7. The fourth-order valence-corrected chi connectivity index (χ4v) is 4.15. The molecule has 1 aromatic carbocycles. The van der Waals surface area contributed by atoms with Crippen molar-refractivity contribution in [3.63, 3.8) is 0 Å². The summed E-state index contributed by atoms with van der Waals surface area (Å²) in [4.78, 5) is 26.6. The number of ether oxygens (including phenoxy) is 4. The van der Waals surface area contributed by atoms with Crippen LogP contribution in [0.3, 0.4) is 0 Å². The number of hydrogen-bond acceptors (Lipinski definition) is 8. The summed E-state index contributed by atoms with van der Waals surface area (Å²) in [5.41, 5.74) is 7.51. The van der Waals surface area contributed by atoms with Crippen LogP contribution in [0, 0.1) is 0 Å². The Morgan fingerprint density at radius 1 is 1.37 bits per heavy atom. The molecule has 0 saturated carbocycles. The van der Waals surface area contributed by atoms with Crippen LogP contribution in [0.25, 0.3) is 0 Å². The van der Waals surface area contributed by atoms with Gasteiger partial charge in [0.25, 0.3) is 0 Å². The van der Waals surface area contributed by atoms with Crippen LogP contribution in [0.2, 0.25) is 5.02 Å². The zero-order valence-corrected chi connectivity index (χ0v) is 18.2. The van der Waals surface area contributed by atoms with E-state index in [9.17, 15) is 9.59 Å². The number of likely N-dealkylation sites (tertiary alicyclic amines) is 1. The lowest BCUT2D eigenvalue weighted by Gasteiger charge is -2.37. The Labute approximate surface area is 181 Å². The maximum atomic E-state index is 12.9. The first-order chi connectivity index (χ1) is 14.4. The summed E-state index contributed by atoms with van der Waals surface area (Å²) < 4.78 is 21.9. The van der Waals surface area contributed by atoms with Gasteiger partial charge in [-0.1, -0.05) is 11.6 Å². The Hall–Kier alpha value is -2.03. The van der Waals surface area contributed by atoms with E-state index in [0.29, 0.717) is 67.5 Å². The highest BCUT2D eigenvalue weighted by Crippen LogP contribution is 2.39. The van der Waals surface area contributed by atoms with Crippen LogP contribution in [0.15, 0.2) is 6.07 Å². The molecule has 0 amide bonds. The first-order valence-corrected chi connectivity index (χ1v) is 10.7. The molecule has 0 aliphatic carbocycles. The summed E-state index contributed by atoms with van der Waals surface area (Å²) in [6.07, 6.45) is 1.72. The summed E-state index contributed by atoms with van der Waals surface area (Å²) in [6, 6.07) is 1.51. The highest BCUT2D eigenvalue weighted by molar-refractivity contribution is 6.33. The molecule has 30 heavy (non-hydrogen) atoms. The molecule has 2 unspecified atom stereocenters. The zero-order chi connectivity index (χ0) is 21.7. The predicted molar refractivity (Wildman–Crippen MR) is 112 cm³/mol. The second-order valence-corrected chi connectivity index (χ2v) is 7.85. The minimum absolute atomic E-state index is 0.179. The lowest BCUT2D eigenvalue weighted by atomic mass is 10.0. The van der Waals surface area contributed by atoms with E-state index in [1.165, 1.54) is 6.07 Å². The number of halogens is 1. The molecule has 0 spiro atoms. The van der Waals surface area contributed by atoms with Crippen molar-refractivity contribution in [1.82, 2.24) is 4.90 Å². The first-order valence-electron chi connectivity index (χ1n) is 10.3. The number of carbonyl (C=O) groups is 2. The van der Waals surface area contributed by atoms with Crippen LogP contribution in [0.1, 0.15) is 42.1 Å². The summed E-state index contributed by atoms with van der Waals surface area (Å²) >= 11 is 6.20. The van der Waals surface area contributed by atoms with Gasteiger partial charge >= 0.3 is 11.9 Å². The van der Waals surface area contributed by atoms with E-state index in [0.717, 1.165) is 18.7 Å². The number of nitrogens with zero attached hydrogens (tertiary/aromatic N) is 1. The van der Waals surface area contributed by atoms with Crippen molar-refractivity contribution in [2.24, 2.45) is 0 Å². The lowest BCUT2D eigenvalue weighted by molar-refractivity contribution is -0.143. The minimum Gasteiger partial charge on any atom is -0.492 e. The molecule has 0 aromatic heterocycles. The number of anilines is 1. The Morgan fingerprint density at radius 2 is 2.17 bits per heavy atom. The van der Waals surface area contributed by atoms with E-state index < -0.39 is 5.97 Å². The monoisotopic (exact) mass is 440 g/mol. The molecular weight excluding hydrogens is 412 g/mol. The van der Waals surface area contributed by atoms with Gasteiger partial charge < -0.3 is 29.6 Å². The van der Waals surface area contributed by atoms with Crippen molar-refractivity contribution in [2.75, 3.05) is 45.7 Å². The van der Waals surface area contributed by atoms with Gasteiger partial charge in [0.05, 0.1) is 23.9 Å². The van der Waals surface area contributed by atoms with Crippen LogP contribution < -0.4 is 10.5 Å². The van der Waals surface area contributed by atoms with Crippen molar-refractivity contribution in [1.29, 1.82) is 0 Å². The molecule has 9 heteroatoms. The van der Waals surface area contributed by atoms with E-state index in [2.05, 4.69) is 4.90 Å². The number of hydrogen-bond donors (Lipinski definition) is 1. The van der Waals surface area contributed by atoms with E-state index >= 15 is 0 Å². The molecule has 1 aromatic rings. The Kier molecular flexibility index (Phi) is 7.80. The average Bonchev–Trinajstić information content (AvgIpc) is 3.22. The molecule has 0 radical (unpaired) electrons. The molecule has 2 aliphatic heterocycles. The van der Waals surface area contributed by atoms with E-state index in [4.69, 9.17) is 36.3 Å². The van der Waals surface area contributed by atoms with Gasteiger partial charge in [-0.25, -0.2) is 4.79 Å². The standard InChI is InChI=1S/C21H29ClN2O6/c1-3-28-18(25)5-4-8-24-9-6-16(17(12-24)27-2)30-21(26)14-11-15(22)19(23)13-7-10-29-20(13)14/h11,16-17H,3-10,12,23H2,1-2H3. The SMILES string of the molecule is CCOC(=O)CCCN1CCC(OC(=O)c2cc(Cl)c(N)c3c2OCC3)C(OC)C1.